The van der Waals surface area contributed by atoms with E-state index in [9.17, 15) is 9.59 Å². The zero-order chi connectivity index (χ0) is 17.0. The highest BCUT2D eigenvalue weighted by Gasteiger charge is 2.56. The van der Waals surface area contributed by atoms with Crippen LogP contribution in [0.4, 0.5) is 5.13 Å². The van der Waals surface area contributed by atoms with Gasteiger partial charge in [0.05, 0.1) is 5.41 Å². The number of carbonyl (C=O) groups is 2. The number of hydrogen-bond donors (Lipinski definition) is 1. The predicted molar refractivity (Wildman–Crippen MR) is 96.1 cm³/mol. The number of amides is 2. The molecule has 25 heavy (non-hydrogen) atoms. The maximum absolute atomic E-state index is 13.5. The topological polar surface area (TPSA) is 62.3 Å². The number of rotatable bonds is 3. The first-order valence-corrected chi connectivity index (χ1v) is 10.5. The van der Waals surface area contributed by atoms with Crippen molar-refractivity contribution in [3.63, 3.8) is 0 Å². The van der Waals surface area contributed by atoms with Gasteiger partial charge in [-0.3, -0.25) is 9.59 Å². The van der Waals surface area contributed by atoms with E-state index in [1.54, 1.807) is 6.20 Å². The molecular formula is C19H25N3O2S. The van der Waals surface area contributed by atoms with Gasteiger partial charge in [0.25, 0.3) is 0 Å². The van der Waals surface area contributed by atoms with E-state index in [2.05, 4.69) is 10.3 Å². The molecule has 2 heterocycles. The summed E-state index contributed by atoms with van der Waals surface area (Å²) in [6.45, 7) is 0.733. The van der Waals surface area contributed by atoms with Crippen LogP contribution in [0, 0.1) is 23.2 Å². The molecule has 6 rings (SSSR count). The van der Waals surface area contributed by atoms with Gasteiger partial charge in [-0.2, -0.15) is 0 Å². The summed E-state index contributed by atoms with van der Waals surface area (Å²) in [4.78, 5) is 32.3. The van der Waals surface area contributed by atoms with E-state index in [4.69, 9.17) is 0 Å². The van der Waals surface area contributed by atoms with Crippen LogP contribution in [0.2, 0.25) is 0 Å². The molecule has 1 aromatic heterocycles. The SMILES string of the molecule is O=C(Nc1nccs1)[C@H]1CCCN1C(=O)C12CC3CC(CC(C3)C1)C2. The maximum Gasteiger partial charge on any atom is 0.248 e. The molecule has 5 nitrogen and oxygen atoms in total. The molecule has 4 saturated carbocycles. The van der Waals surface area contributed by atoms with Gasteiger partial charge in [-0.05, 0) is 69.1 Å². The quantitative estimate of drug-likeness (QED) is 0.901. The van der Waals surface area contributed by atoms with Crippen molar-refractivity contribution in [1.82, 2.24) is 9.88 Å². The molecule has 0 spiro atoms. The average Bonchev–Trinajstić information content (AvgIpc) is 3.24. The minimum Gasteiger partial charge on any atom is -0.330 e. The Hall–Kier alpha value is -1.43. The third-order valence-corrected chi connectivity index (χ3v) is 7.66. The number of nitrogens with one attached hydrogen (secondary N) is 1. The van der Waals surface area contributed by atoms with E-state index < -0.39 is 0 Å². The number of carbonyl (C=O) groups excluding carboxylic acids is 2. The van der Waals surface area contributed by atoms with E-state index in [1.807, 2.05) is 10.3 Å². The fourth-order valence-electron chi connectivity index (χ4n) is 6.43. The highest BCUT2D eigenvalue weighted by atomic mass is 32.1. The second-order valence-electron chi connectivity index (χ2n) is 8.68. The van der Waals surface area contributed by atoms with Crippen molar-refractivity contribution in [1.29, 1.82) is 0 Å². The van der Waals surface area contributed by atoms with Gasteiger partial charge in [0.15, 0.2) is 5.13 Å². The van der Waals surface area contributed by atoms with Crippen LogP contribution >= 0.6 is 11.3 Å². The largest absolute Gasteiger partial charge is 0.330 e. The number of nitrogens with zero attached hydrogens (tertiary/aromatic N) is 2. The van der Waals surface area contributed by atoms with Crippen LogP contribution in [0.25, 0.3) is 0 Å². The van der Waals surface area contributed by atoms with E-state index in [0.717, 1.165) is 56.4 Å². The molecule has 1 aromatic rings. The fraction of sp³-hybridized carbons (Fsp3) is 0.737. The highest BCUT2D eigenvalue weighted by Crippen LogP contribution is 2.60. The zero-order valence-electron chi connectivity index (χ0n) is 14.4. The molecule has 2 amide bonds. The summed E-state index contributed by atoms with van der Waals surface area (Å²) in [6, 6.07) is -0.315. The predicted octanol–water partition coefficient (Wildman–Crippen LogP) is 3.29. The average molecular weight is 359 g/mol. The van der Waals surface area contributed by atoms with Crippen LogP contribution in [0.3, 0.4) is 0 Å². The molecule has 5 fully saturated rings. The summed E-state index contributed by atoms with van der Waals surface area (Å²) in [5, 5.41) is 5.37. The minimum atomic E-state index is -0.315. The number of aromatic nitrogens is 1. The molecule has 0 unspecified atom stereocenters. The lowest BCUT2D eigenvalue weighted by molar-refractivity contribution is -0.160. The summed E-state index contributed by atoms with van der Waals surface area (Å²) < 4.78 is 0. The third kappa shape index (κ3) is 2.60. The van der Waals surface area contributed by atoms with Gasteiger partial charge < -0.3 is 10.2 Å². The van der Waals surface area contributed by atoms with Crippen molar-refractivity contribution >= 4 is 28.3 Å². The van der Waals surface area contributed by atoms with E-state index in [0.29, 0.717) is 5.13 Å². The lowest BCUT2D eigenvalue weighted by Crippen LogP contribution is -2.56. The maximum atomic E-state index is 13.5. The zero-order valence-corrected chi connectivity index (χ0v) is 15.3. The van der Waals surface area contributed by atoms with Gasteiger partial charge in [0.2, 0.25) is 11.8 Å². The Labute approximate surface area is 152 Å². The third-order valence-electron chi connectivity index (χ3n) is 6.97. The van der Waals surface area contributed by atoms with Crippen LogP contribution in [-0.4, -0.2) is 34.3 Å². The van der Waals surface area contributed by atoms with Gasteiger partial charge in [-0.25, -0.2) is 4.98 Å². The summed E-state index contributed by atoms with van der Waals surface area (Å²) in [5.74, 6) is 2.47. The van der Waals surface area contributed by atoms with Crippen LogP contribution < -0.4 is 5.32 Å². The first-order valence-electron chi connectivity index (χ1n) is 9.64. The molecule has 4 bridgehead atoms. The number of likely N-dealkylation sites (tertiary alicyclic amines) is 1. The Kier molecular flexibility index (Phi) is 3.66. The molecule has 4 aliphatic carbocycles. The minimum absolute atomic E-state index is 0.0643. The Bertz CT molecular complexity index is 652. The molecule has 134 valence electrons. The lowest BCUT2D eigenvalue weighted by Gasteiger charge is -2.56. The van der Waals surface area contributed by atoms with Gasteiger partial charge in [-0.1, -0.05) is 0 Å². The molecule has 0 radical (unpaired) electrons. The molecule has 5 aliphatic rings. The second kappa shape index (κ2) is 5.79. The summed E-state index contributed by atoms with van der Waals surface area (Å²) in [5.41, 5.74) is -0.154. The molecule has 1 N–H and O–H groups in total. The summed E-state index contributed by atoms with van der Waals surface area (Å²) >= 11 is 1.42. The van der Waals surface area contributed by atoms with Crippen molar-refractivity contribution in [2.24, 2.45) is 23.2 Å². The standard InChI is InChI=1S/C19H25N3O2S/c23-16(21-18-20-3-5-25-18)15-2-1-4-22(15)17(24)19-9-12-6-13(10-19)8-14(7-12)11-19/h3,5,12-15H,1-2,4,6-11H2,(H,20,21,23)/t12?,13?,14?,15-,19?/m1/s1. The molecule has 6 heteroatoms. The lowest BCUT2D eigenvalue weighted by atomic mass is 9.49. The van der Waals surface area contributed by atoms with Gasteiger partial charge in [0, 0.05) is 18.1 Å². The first kappa shape index (κ1) is 15.8. The van der Waals surface area contributed by atoms with Crippen LogP contribution in [0.15, 0.2) is 11.6 Å². The van der Waals surface area contributed by atoms with Crippen molar-refractivity contribution in [3.05, 3.63) is 11.6 Å². The molecular weight excluding hydrogens is 334 g/mol. The molecule has 1 saturated heterocycles. The number of hydrogen-bond acceptors (Lipinski definition) is 4. The molecule has 1 atom stereocenters. The van der Waals surface area contributed by atoms with Crippen LogP contribution in [0.1, 0.15) is 51.4 Å². The van der Waals surface area contributed by atoms with Crippen molar-refractivity contribution < 1.29 is 9.59 Å². The Morgan fingerprint density at radius 3 is 2.44 bits per heavy atom. The van der Waals surface area contributed by atoms with Gasteiger partial charge in [-0.15, -0.1) is 11.3 Å². The van der Waals surface area contributed by atoms with Crippen molar-refractivity contribution in [2.45, 2.75) is 57.4 Å². The van der Waals surface area contributed by atoms with Crippen molar-refractivity contribution in [3.8, 4) is 0 Å². The van der Waals surface area contributed by atoms with Gasteiger partial charge >= 0.3 is 0 Å². The number of anilines is 1. The number of thiazole rings is 1. The second-order valence-corrected chi connectivity index (χ2v) is 9.58. The highest BCUT2D eigenvalue weighted by molar-refractivity contribution is 7.13. The Balaban J connectivity index is 1.35. The van der Waals surface area contributed by atoms with E-state index >= 15 is 0 Å². The fourth-order valence-corrected chi connectivity index (χ4v) is 6.97. The normalized spacial score (nSPS) is 39.0. The van der Waals surface area contributed by atoms with E-state index in [1.165, 1.54) is 30.6 Å². The monoisotopic (exact) mass is 359 g/mol. The Morgan fingerprint density at radius 2 is 1.84 bits per heavy atom. The smallest absolute Gasteiger partial charge is 0.248 e. The summed E-state index contributed by atoms with van der Waals surface area (Å²) in [7, 11) is 0. The van der Waals surface area contributed by atoms with Crippen LogP contribution in [0.5, 0.6) is 0 Å². The first-order chi connectivity index (χ1) is 12.1. The van der Waals surface area contributed by atoms with E-state index in [-0.39, 0.29) is 23.3 Å². The van der Waals surface area contributed by atoms with Crippen LogP contribution in [-0.2, 0) is 9.59 Å². The molecule has 0 aromatic carbocycles. The van der Waals surface area contributed by atoms with Crippen molar-refractivity contribution in [2.75, 3.05) is 11.9 Å². The van der Waals surface area contributed by atoms with Gasteiger partial charge in [0.1, 0.15) is 6.04 Å². The molecule has 1 aliphatic heterocycles. The summed E-state index contributed by atoms with van der Waals surface area (Å²) in [6.07, 6.45) is 10.6. The Morgan fingerprint density at radius 1 is 1.16 bits per heavy atom.